The van der Waals surface area contributed by atoms with Crippen LogP contribution in [0.3, 0.4) is 0 Å². The van der Waals surface area contributed by atoms with Crippen LogP contribution in [-0.4, -0.2) is 22.2 Å². The molecule has 0 bridgehead atoms. The van der Waals surface area contributed by atoms with Crippen molar-refractivity contribution in [2.24, 2.45) is 13.0 Å². The maximum atomic E-state index is 12.2. The van der Waals surface area contributed by atoms with Gasteiger partial charge < -0.3 is 5.32 Å². The van der Waals surface area contributed by atoms with Crippen LogP contribution >= 0.6 is 11.6 Å². The van der Waals surface area contributed by atoms with Crippen LogP contribution in [0.4, 0.5) is 0 Å². The third-order valence-electron chi connectivity index (χ3n) is 3.27. The van der Waals surface area contributed by atoms with Crippen molar-refractivity contribution in [3.05, 3.63) is 41.0 Å². The highest BCUT2D eigenvalue weighted by molar-refractivity contribution is 6.33. The zero-order valence-electron chi connectivity index (χ0n) is 12.6. The van der Waals surface area contributed by atoms with Crippen LogP contribution in [0.15, 0.2) is 30.3 Å². The van der Waals surface area contributed by atoms with E-state index < -0.39 is 0 Å². The summed E-state index contributed by atoms with van der Waals surface area (Å²) in [6.07, 6.45) is 0.959. The van der Waals surface area contributed by atoms with Gasteiger partial charge in [0.05, 0.1) is 10.7 Å². The van der Waals surface area contributed by atoms with E-state index in [0.29, 0.717) is 28.9 Å². The number of carbonyl (C=O) groups excluding carboxylic acids is 1. The van der Waals surface area contributed by atoms with Crippen molar-refractivity contribution >= 4 is 17.5 Å². The minimum absolute atomic E-state index is 0.107. The van der Waals surface area contributed by atoms with Gasteiger partial charge in [-0.1, -0.05) is 43.6 Å². The van der Waals surface area contributed by atoms with Gasteiger partial charge in [-0.25, -0.2) is 0 Å². The highest BCUT2D eigenvalue weighted by Gasteiger charge is 2.15. The number of amides is 1. The Hall–Kier alpha value is -1.81. The van der Waals surface area contributed by atoms with Gasteiger partial charge in [-0.15, -0.1) is 0 Å². The fraction of sp³-hybridized carbons (Fsp3) is 0.375. The Balaban J connectivity index is 2.16. The van der Waals surface area contributed by atoms with E-state index >= 15 is 0 Å². The summed E-state index contributed by atoms with van der Waals surface area (Å²) in [6, 6.07) is 9.25. The Morgan fingerprint density at radius 3 is 2.76 bits per heavy atom. The first kappa shape index (κ1) is 15.6. The van der Waals surface area contributed by atoms with Crippen LogP contribution in [-0.2, 0) is 7.05 Å². The Morgan fingerprint density at radius 2 is 2.10 bits per heavy atom. The molecule has 21 heavy (non-hydrogen) atoms. The molecule has 0 aliphatic rings. The number of nitrogens with zero attached hydrogens (tertiary/aromatic N) is 2. The monoisotopic (exact) mass is 305 g/mol. The molecule has 2 aromatic rings. The van der Waals surface area contributed by atoms with Gasteiger partial charge in [-0.3, -0.25) is 9.48 Å². The molecule has 5 heteroatoms. The number of rotatable bonds is 5. The van der Waals surface area contributed by atoms with Crippen LogP contribution in [0.1, 0.15) is 30.8 Å². The van der Waals surface area contributed by atoms with E-state index in [1.165, 1.54) is 0 Å². The molecule has 0 aliphatic heterocycles. The van der Waals surface area contributed by atoms with Gasteiger partial charge in [0, 0.05) is 19.2 Å². The zero-order valence-corrected chi connectivity index (χ0v) is 13.3. The van der Waals surface area contributed by atoms with E-state index in [9.17, 15) is 4.79 Å². The minimum atomic E-state index is -0.107. The molecule has 1 aromatic heterocycles. The quantitative estimate of drug-likeness (QED) is 0.919. The normalized spacial score (nSPS) is 10.9. The Labute approximate surface area is 130 Å². The Kier molecular flexibility index (Phi) is 5.02. The van der Waals surface area contributed by atoms with Gasteiger partial charge in [0.1, 0.15) is 5.69 Å². The molecule has 4 nitrogen and oxygen atoms in total. The number of hydrogen-bond donors (Lipinski definition) is 1. The molecule has 0 atom stereocenters. The predicted molar refractivity (Wildman–Crippen MR) is 85.4 cm³/mol. The Bertz CT molecular complexity index is 634. The summed E-state index contributed by atoms with van der Waals surface area (Å²) in [7, 11) is 1.76. The second kappa shape index (κ2) is 6.76. The number of aromatic nitrogens is 2. The van der Waals surface area contributed by atoms with Crippen LogP contribution in [0.5, 0.6) is 0 Å². The fourth-order valence-corrected chi connectivity index (χ4v) is 2.28. The lowest BCUT2D eigenvalue weighted by molar-refractivity contribution is 0.0942. The third-order valence-corrected chi connectivity index (χ3v) is 3.60. The molecule has 0 spiro atoms. The number of nitrogens with one attached hydrogen (secondary N) is 1. The average molecular weight is 306 g/mol. The number of carbonyl (C=O) groups is 1. The van der Waals surface area contributed by atoms with Crippen molar-refractivity contribution in [3.8, 4) is 11.3 Å². The van der Waals surface area contributed by atoms with E-state index in [4.69, 9.17) is 11.6 Å². The van der Waals surface area contributed by atoms with E-state index in [-0.39, 0.29) is 5.91 Å². The molecule has 0 saturated carbocycles. The summed E-state index contributed by atoms with van der Waals surface area (Å²) in [5.74, 6) is 0.458. The summed E-state index contributed by atoms with van der Waals surface area (Å²) in [5, 5.41) is 7.92. The van der Waals surface area contributed by atoms with Crippen molar-refractivity contribution in [2.45, 2.75) is 20.3 Å². The number of hydrogen-bond acceptors (Lipinski definition) is 2. The molecule has 1 N–H and O–H groups in total. The van der Waals surface area contributed by atoms with Gasteiger partial charge >= 0.3 is 0 Å². The topological polar surface area (TPSA) is 46.9 Å². The zero-order chi connectivity index (χ0) is 15.4. The highest BCUT2D eigenvalue weighted by atomic mass is 35.5. The molecule has 0 aliphatic carbocycles. The standard InChI is InChI=1S/C16H20ClN3O/c1-11(2)8-9-18-16(21)15-10-14(19-20(15)3)12-6-4-5-7-13(12)17/h4-7,10-11H,8-9H2,1-3H3,(H,18,21). The highest BCUT2D eigenvalue weighted by Crippen LogP contribution is 2.26. The van der Waals surface area contributed by atoms with E-state index in [0.717, 1.165) is 12.0 Å². The van der Waals surface area contributed by atoms with Crippen LogP contribution < -0.4 is 5.32 Å². The maximum Gasteiger partial charge on any atom is 0.269 e. The smallest absolute Gasteiger partial charge is 0.269 e. The van der Waals surface area contributed by atoms with E-state index in [1.807, 2.05) is 24.3 Å². The first-order chi connectivity index (χ1) is 9.99. The second-order valence-corrected chi connectivity index (χ2v) is 5.86. The number of benzene rings is 1. The largest absolute Gasteiger partial charge is 0.351 e. The summed E-state index contributed by atoms with van der Waals surface area (Å²) < 4.78 is 1.59. The first-order valence-electron chi connectivity index (χ1n) is 7.06. The van der Waals surface area contributed by atoms with Crippen molar-refractivity contribution < 1.29 is 4.79 Å². The molecule has 2 rings (SSSR count). The maximum absolute atomic E-state index is 12.2. The third kappa shape index (κ3) is 3.85. The van der Waals surface area contributed by atoms with Crippen molar-refractivity contribution in [2.75, 3.05) is 6.54 Å². The van der Waals surface area contributed by atoms with E-state index in [2.05, 4.69) is 24.3 Å². The van der Waals surface area contributed by atoms with E-state index in [1.54, 1.807) is 17.8 Å². The molecular weight excluding hydrogens is 286 g/mol. The molecule has 0 fully saturated rings. The molecule has 0 unspecified atom stereocenters. The van der Waals surface area contributed by atoms with Crippen molar-refractivity contribution in [1.29, 1.82) is 0 Å². The summed E-state index contributed by atoms with van der Waals surface area (Å²) in [6.45, 7) is 4.93. The SMILES string of the molecule is CC(C)CCNC(=O)c1cc(-c2ccccc2Cl)nn1C. The first-order valence-corrected chi connectivity index (χ1v) is 7.44. The minimum Gasteiger partial charge on any atom is -0.351 e. The van der Waals surface area contributed by atoms with Gasteiger partial charge in [0.15, 0.2) is 0 Å². The van der Waals surface area contributed by atoms with Gasteiger partial charge in [-0.05, 0) is 24.5 Å². The van der Waals surface area contributed by atoms with Crippen LogP contribution in [0, 0.1) is 5.92 Å². The van der Waals surface area contributed by atoms with Gasteiger partial charge in [-0.2, -0.15) is 5.10 Å². The summed E-state index contributed by atoms with van der Waals surface area (Å²) in [5.41, 5.74) is 2.07. The lowest BCUT2D eigenvalue weighted by atomic mass is 10.1. The molecule has 1 heterocycles. The molecule has 112 valence electrons. The predicted octanol–water partition coefficient (Wildman–Crippen LogP) is 3.52. The lowest BCUT2D eigenvalue weighted by Crippen LogP contribution is -2.27. The lowest BCUT2D eigenvalue weighted by Gasteiger charge is -2.06. The second-order valence-electron chi connectivity index (χ2n) is 5.46. The van der Waals surface area contributed by atoms with Crippen molar-refractivity contribution in [3.63, 3.8) is 0 Å². The molecular formula is C16H20ClN3O. The summed E-state index contributed by atoms with van der Waals surface area (Å²) >= 11 is 6.17. The number of aryl methyl sites for hydroxylation is 1. The van der Waals surface area contributed by atoms with Crippen molar-refractivity contribution in [1.82, 2.24) is 15.1 Å². The summed E-state index contributed by atoms with van der Waals surface area (Å²) in [4.78, 5) is 12.2. The fourth-order valence-electron chi connectivity index (χ4n) is 2.05. The van der Waals surface area contributed by atoms with Gasteiger partial charge in [0.25, 0.3) is 5.91 Å². The molecule has 0 saturated heterocycles. The van der Waals surface area contributed by atoms with Crippen LogP contribution in [0.2, 0.25) is 5.02 Å². The molecule has 0 radical (unpaired) electrons. The molecule has 1 aromatic carbocycles. The molecule has 1 amide bonds. The Morgan fingerprint density at radius 1 is 1.38 bits per heavy atom. The van der Waals surface area contributed by atoms with Gasteiger partial charge in [0.2, 0.25) is 0 Å². The number of halogens is 1. The van der Waals surface area contributed by atoms with Crippen LogP contribution in [0.25, 0.3) is 11.3 Å². The average Bonchev–Trinajstić information content (AvgIpc) is 2.80.